The lowest BCUT2D eigenvalue weighted by Crippen LogP contribution is -2.44. The van der Waals surface area contributed by atoms with Crippen LogP contribution in [-0.2, 0) is 14.2 Å². The molecular weight excluding hydrogens is 274 g/mol. The lowest BCUT2D eigenvalue weighted by atomic mass is 9.98. The predicted molar refractivity (Wildman–Crippen MR) is 75.9 cm³/mol. The Bertz CT molecular complexity index is 440. The van der Waals surface area contributed by atoms with E-state index in [1.807, 2.05) is 6.08 Å². The summed E-state index contributed by atoms with van der Waals surface area (Å²) in [5.41, 5.74) is -0.569. The molecule has 118 valence electrons. The topological polar surface area (TPSA) is 65.1 Å². The quantitative estimate of drug-likeness (QED) is 0.550. The molecule has 2 aliphatic rings. The van der Waals surface area contributed by atoms with Crippen LogP contribution in [-0.4, -0.2) is 48.5 Å². The normalized spacial score (nSPS) is 28.0. The van der Waals surface area contributed by atoms with E-state index < -0.39 is 11.8 Å². The molecular formula is C15H23NO5. The van der Waals surface area contributed by atoms with E-state index >= 15 is 0 Å². The van der Waals surface area contributed by atoms with Crippen molar-refractivity contribution in [1.82, 2.24) is 4.90 Å². The number of methoxy groups -OCH3 is 1. The first-order valence-electron chi connectivity index (χ1n) is 7.21. The zero-order chi connectivity index (χ0) is 15.6. The summed E-state index contributed by atoms with van der Waals surface area (Å²) in [4.78, 5) is 25.2. The van der Waals surface area contributed by atoms with Gasteiger partial charge in [-0.3, -0.25) is 0 Å². The molecule has 3 unspecified atom stereocenters. The Morgan fingerprint density at radius 2 is 1.95 bits per heavy atom. The van der Waals surface area contributed by atoms with Crippen LogP contribution in [0.1, 0.15) is 33.6 Å². The third kappa shape index (κ3) is 3.89. The van der Waals surface area contributed by atoms with Crippen molar-refractivity contribution in [3.05, 3.63) is 12.2 Å². The van der Waals surface area contributed by atoms with Crippen LogP contribution in [0.25, 0.3) is 0 Å². The van der Waals surface area contributed by atoms with Gasteiger partial charge in [-0.1, -0.05) is 12.2 Å². The highest BCUT2D eigenvalue weighted by Gasteiger charge is 2.42. The fourth-order valence-electron chi connectivity index (χ4n) is 2.88. The number of hydrogen-bond acceptors (Lipinski definition) is 5. The van der Waals surface area contributed by atoms with E-state index in [1.54, 1.807) is 25.7 Å². The number of carbonyl (C=O) groups excluding carboxylic acids is 2. The number of ether oxygens (including phenoxy) is 3. The monoisotopic (exact) mass is 297 g/mol. The Morgan fingerprint density at radius 3 is 2.57 bits per heavy atom. The molecule has 1 aliphatic heterocycles. The minimum Gasteiger partial charge on any atom is -0.453 e. The molecule has 1 aliphatic carbocycles. The summed E-state index contributed by atoms with van der Waals surface area (Å²) in [5.74, 6) is 0.199. The Labute approximate surface area is 125 Å². The van der Waals surface area contributed by atoms with Crippen molar-refractivity contribution >= 4 is 12.2 Å². The smallest absolute Gasteiger partial charge is 0.453 e. The average molecular weight is 297 g/mol. The van der Waals surface area contributed by atoms with Crippen LogP contribution < -0.4 is 0 Å². The molecule has 0 aromatic carbocycles. The number of rotatable bonds is 1. The molecule has 6 heteroatoms. The van der Waals surface area contributed by atoms with Crippen molar-refractivity contribution in [3.8, 4) is 0 Å². The highest BCUT2D eigenvalue weighted by Crippen LogP contribution is 2.36. The van der Waals surface area contributed by atoms with Gasteiger partial charge in [-0.05, 0) is 27.2 Å². The molecule has 0 radical (unpaired) electrons. The molecule has 3 atom stereocenters. The van der Waals surface area contributed by atoms with Gasteiger partial charge in [0.1, 0.15) is 11.7 Å². The zero-order valence-electron chi connectivity index (χ0n) is 13.0. The van der Waals surface area contributed by atoms with Gasteiger partial charge in [-0.2, -0.15) is 0 Å². The SMILES string of the molecule is COC(=O)N1CC=CC2CC(OC(=O)OC(C)(C)C)CC21. The van der Waals surface area contributed by atoms with Crippen LogP contribution in [0.4, 0.5) is 9.59 Å². The molecule has 0 aromatic heterocycles. The van der Waals surface area contributed by atoms with Crippen LogP contribution in [0.15, 0.2) is 12.2 Å². The second-order valence-electron chi connectivity index (χ2n) is 6.46. The Balaban J connectivity index is 1.94. The van der Waals surface area contributed by atoms with Gasteiger partial charge in [0.05, 0.1) is 7.11 Å². The van der Waals surface area contributed by atoms with Gasteiger partial charge in [0.2, 0.25) is 0 Å². The maximum Gasteiger partial charge on any atom is 0.509 e. The molecule has 1 amide bonds. The first-order chi connectivity index (χ1) is 9.80. The minimum absolute atomic E-state index is 0.0230. The molecule has 21 heavy (non-hydrogen) atoms. The van der Waals surface area contributed by atoms with Crippen molar-refractivity contribution in [3.63, 3.8) is 0 Å². The molecule has 0 saturated heterocycles. The summed E-state index contributed by atoms with van der Waals surface area (Å²) in [6.45, 7) is 5.92. The molecule has 0 aromatic rings. The molecule has 1 saturated carbocycles. The van der Waals surface area contributed by atoms with Crippen molar-refractivity contribution in [2.75, 3.05) is 13.7 Å². The summed E-state index contributed by atoms with van der Waals surface area (Å²) in [5, 5.41) is 0. The first kappa shape index (κ1) is 15.7. The van der Waals surface area contributed by atoms with Crippen molar-refractivity contribution < 1.29 is 23.8 Å². The van der Waals surface area contributed by atoms with Gasteiger partial charge in [0.25, 0.3) is 0 Å². The van der Waals surface area contributed by atoms with Crippen LogP contribution in [0.5, 0.6) is 0 Å². The summed E-state index contributed by atoms with van der Waals surface area (Å²) < 4.78 is 15.3. The van der Waals surface area contributed by atoms with E-state index in [2.05, 4.69) is 6.08 Å². The Morgan fingerprint density at radius 1 is 1.24 bits per heavy atom. The first-order valence-corrected chi connectivity index (χ1v) is 7.21. The van der Waals surface area contributed by atoms with Gasteiger partial charge in [0, 0.05) is 24.9 Å². The molecule has 1 fully saturated rings. The number of fused-ring (bicyclic) bond motifs is 1. The number of amides is 1. The second-order valence-corrected chi connectivity index (χ2v) is 6.46. The molecule has 6 nitrogen and oxygen atoms in total. The Kier molecular flexibility index (Phi) is 4.44. The predicted octanol–water partition coefficient (Wildman–Crippen LogP) is 2.72. The summed E-state index contributed by atoms with van der Waals surface area (Å²) >= 11 is 0. The van der Waals surface area contributed by atoms with Crippen LogP contribution in [0.3, 0.4) is 0 Å². The largest absolute Gasteiger partial charge is 0.509 e. The highest BCUT2D eigenvalue weighted by molar-refractivity contribution is 5.68. The Hall–Kier alpha value is -1.72. The van der Waals surface area contributed by atoms with Crippen LogP contribution in [0, 0.1) is 5.92 Å². The van der Waals surface area contributed by atoms with E-state index in [0.717, 1.165) is 0 Å². The lowest BCUT2D eigenvalue weighted by Gasteiger charge is -2.32. The van der Waals surface area contributed by atoms with E-state index in [-0.39, 0.29) is 24.2 Å². The maximum atomic E-state index is 11.8. The molecule has 0 spiro atoms. The minimum atomic E-state index is -0.653. The van der Waals surface area contributed by atoms with E-state index in [9.17, 15) is 9.59 Å². The van der Waals surface area contributed by atoms with Crippen molar-refractivity contribution in [2.24, 2.45) is 5.92 Å². The number of nitrogens with zero attached hydrogens (tertiary/aromatic N) is 1. The maximum absolute atomic E-state index is 11.8. The van der Waals surface area contributed by atoms with Crippen molar-refractivity contribution in [2.45, 2.75) is 51.4 Å². The van der Waals surface area contributed by atoms with Gasteiger partial charge in [0.15, 0.2) is 0 Å². The average Bonchev–Trinajstić information content (AvgIpc) is 2.77. The molecule has 2 rings (SSSR count). The summed E-state index contributed by atoms with van der Waals surface area (Å²) in [7, 11) is 1.37. The molecule has 0 bridgehead atoms. The van der Waals surface area contributed by atoms with Gasteiger partial charge < -0.3 is 19.1 Å². The van der Waals surface area contributed by atoms with Gasteiger partial charge in [-0.15, -0.1) is 0 Å². The van der Waals surface area contributed by atoms with Gasteiger partial charge in [-0.25, -0.2) is 9.59 Å². The number of hydrogen-bond donors (Lipinski definition) is 0. The zero-order valence-corrected chi connectivity index (χ0v) is 13.0. The molecule has 0 N–H and O–H groups in total. The van der Waals surface area contributed by atoms with E-state index in [4.69, 9.17) is 14.2 Å². The number of carbonyl (C=O) groups is 2. The highest BCUT2D eigenvalue weighted by atomic mass is 16.7. The lowest BCUT2D eigenvalue weighted by molar-refractivity contribution is -0.0264. The fourth-order valence-corrected chi connectivity index (χ4v) is 2.88. The second kappa shape index (κ2) is 5.95. The third-order valence-electron chi connectivity index (χ3n) is 3.68. The third-order valence-corrected chi connectivity index (χ3v) is 3.68. The van der Waals surface area contributed by atoms with Crippen LogP contribution >= 0.6 is 0 Å². The van der Waals surface area contributed by atoms with Gasteiger partial charge >= 0.3 is 12.2 Å². The summed E-state index contributed by atoms with van der Waals surface area (Å²) in [6.07, 6.45) is 4.13. The van der Waals surface area contributed by atoms with Crippen LogP contribution in [0.2, 0.25) is 0 Å². The standard InChI is InChI=1S/C15H23NO5/c1-15(2,3)21-14(18)20-11-8-10-6-5-7-16(12(10)9-11)13(17)19-4/h5-6,10-12H,7-9H2,1-4H3. The van der Waals surface area contributed by atoms with Crippen molar-refractivity contribution in [1.29, 1.82) is 0 Å². The molecule has 1 heterocycles. The van der Waals surface area contributed by atoms with E-state index in [0.29, 0.717) is 19.4 Å². The fraction of sp³-hybridized carbons (Fsp3) is 0.733. The van der Waals surface area contributed by atoms with E-state index in [1.165, 1.54) is 7.11 Å². The summed E-state index contributed by atoms with van der Waals surface area (Å²) in [6, 6.07) is 0.0230.